The lowest BCUT2D eigenvalue weighted by molar-refractivity contribution is 0.111. The van der Waals surface area contributed by atoms with E-state index >= 15 is 0 Å². The van der Waals surface area contributed by atoms with Gasteiger partial charge in [0.1, 0.15) is 0 Å². The summed E-state index contributed by atoms with van der Waals surface area (Å²) < 4.78 is 6.05. The molecule has 0 N–H and O–H groups in total. The molecule has 0 aromatic carbocycles. The summed E-state index contributed by atoms with van der Waals surface area (Å²) in [5.41, 5.74) is -0.0952. The van der Waals surface area contributed by atoms with Gasteiger partial charge in [0.15, 0.2) is 0 Å². The van der Waals surface area contributed by atoms with Gasteiger partial charge in [-0.15, -0.1) is 19.7 Å². The van der Waals surface area contributed by atoms with Crippen LogP contribution in [0, 0.1) is 0 Å². The molecule has 79 valence electrons. The van der Waals surface area contributed by atoms with Crippen molar-refractivity contribution in [2.45, 2.75) is 38.0 Å². The van der Waals surface area contributed by atoms with E-state index in [-0.39, 0.29) is 5.60 Å². The van der Waals surface area contributed by atoms with Gasteiger partial charge in [-0.05, 0) is 32.4 Å². The van der Waals surface area contributed by atoms with Crippen molar-refractivity contribution in [2.75, 3.05) is 0 Å². The third-order valence-corrected chi connectivity index (χ3v) is 4.13. The predicted molar refractivity (Wildman–Crippen MR) is 65.7 cm³/mol. The van der Waals surface area contributed by atoms with Crippen molar-refractivity contribution in [3.63, 3.8) is 0 Å². The number of hydrogen-bond donors (Lipinski definition) is 0. The van der Waals surface area contributed by atoms with E-state index in [4.69, 9.17) is 4.43 Å². The largest absolute Gasteiger partial charge is 0.411 e. The zero-order valence-corrected chi connectivity index (χ0v) is 10.4. The zero-order valence-electron chi connectivity index (χ0n) is 9.38. The summed E-state index contributed by atoms with van der Waals surface area (Å²) in [4.78, 5) is 0. The SMILES string of the molecule is C=CC[Si](CC=C)OC(C)(C)CC=C. The molecule has 0 aliphatic carbocycles. The van der Waals surface area contributed by atoms with Crippen molar-refractivity contribution in [3.8, 4) is 0 Å². The van der Waals surface area contributed by atoms with Crippen LogP contribution < -0.4 is 0 Å². The first-order valence-corrected chi connectivity index (χ1v) is 6.74. The topological polar surface area (TPSA) is 9.23 Å². The van der Waals surface area contributed by atoms with Crippen LogP contribution >= 0.6 is 0 Å². The molecule has 0 aliphatic rings. The summed E-state index contributed by atoms with van der Waals surface area (Å²) in [5, 5.41) is 0. The van der Waals surface area contributed by atoms with Crippen LogP contribution in [0.3, 0.4) is 0 Å². The van der Waals surface area contributed by atoms with E-state index in [1.165, 1.54) is 0 Å². The summed E-state index contributed by atoms with van der Waals surface area (Å²) in [6, 6.07) is 1.94. The van der Waals surface area contributed by atoms with Gasteiger partial charge in [-0.25, -0.2) is 0 Å². The van der Waals surface area contributed by atoms with Crippen molar-refractivity contribution < 1.29 is 4.43 Å². The molecule has 1 nitrogen and oxygen atoms in total. The molecule has 0 heterocycles. The van der Waals surface area contributed by atoms with Crippen LogP contribution in [0.15, 0.2) is 38.0 Å². The quantitative estimate of drug-likeness (QED) is 0.437. The summed E-state index contributed by atoms with van der Waals surface area (Å²) in [6.07, 6.45) is 6.65. The number of allylic oxidation sites excluding steroid dienone is 2. The molecule has 0 aromatic rings. The summed E-state index contributed by atoms with van der Waals surface area (Å²) >= 11 is 0. The molecule has 1 radical (unpaired) electrons. The van der Waals surface area contributed by atoms with Gasteiger partial charge in [-0.3, -0.25) is 0 Å². The van der Waals surface area contributed by atoms with Crippen LogP contribution in [0.4, 0.5) is 0 Å². The Hall–Kier alpha value is -0.603. The van der Waals surface area contributed by atoms with Gasteiger partial charge in [0, 0.05) is 0 Å². The predicted octanol–water partition coefficient (Wildman–Crippen LogP) is 3.72. The molecule has 0 unspecified atom stereocenters. The van der Waals surface area contributed by atoms with Gasteiger partial charge in [0.2, 0.25) is 9.04 Å². The van der Waals surface area contributed by atoms with Crippen LogP contribution in [0.25, 0.3) is 0 Å². The van der Waals surface area contributed by atoms with Gasteiger partial charge in [0.05, 0.1) is 5.60 Å². The van der Waals surface area contributed by atoms with Crippen LogP contribution in [0.5, 0.6) is 0 Å². The Bertz CT molecular complexity index is 186. The fourth-order valence-electron chi connectivity index (χ4n) is 1.27. The monoisotopic (exact) mass is 209 g/mol. The summed E-state index contributed by atoms with van der Waals surface area (Å²) in [6.45, 7) is 15.4. The maximum atomic E-state index is 6.05. The summed E-state index contributed by atoms with van der Waals surface area (Å²) in [7, 11) is -0.809. The van der Waals surface area contributed by atoms with Gasteiger partial charge in [0.25, 0.3) is 0 Å². The van der Waals surface area contributed by atoms with Crippen LogP contribution in [-0.2, 0) is 4.43 Å². The van der Waals surface area contributed by atoms with E-state index in [0.717, 1.165) is 18.5 Å². The van der Waals surface area contributed by atoms with E-state index in [0.29, 0.717) is 0 Å². The fraction of sp³-hybridized carbons (Fsp3) is 0.500. The third-order valence-electron chi connectivity index (χ3n) is 1.80. The number of rotatable bonds is 8. The van der Waals surface area contributed by atoms with E-state index < -0.39 is 9.04 Å². The van der Waals surface area contributed by atoms with E-state index in [1.54, 1.807) is 0 Å². The second-order valence-electron chi connectivity index (χ2n) is 3.88. The van der Waals surface area contributed by atoms with Crippen LogP contribution in [-0.4, -0.2) is 14.6 Å². The van der Waals surface area contributed by atoms with Crippen LogP contribution in [0.1, 0.15) is 20.3 Å². The Morgan fingerprint density at radius 1 is 1.07 bits per heavy atom. The maximum Gasteiger partial charge on any atom is 0.219 e. The Kier molecular flexibility index (Phi) is 6.50. The first kappa shape index (κ1) is 13.4. The zero-order chi connectivity index (χ0) is 11.0. The highest BCUT2D eigenvalue weighted by atomic mass is 28.3. The highest BCUT2D eigenvalue weighted by Gasteiger charge is 2.22. The molecule has 0 fully saturated rings. The molecule has 0 saturated carbocycles. The molecular formula is C12H21OSi. The van der Waals surface area contributed by atoms with Gasteiger partial charge < -0.3 is 4.43 Å². The molecule has 0 rings (SSSR count). The molecule has 0 aromatic heterocycles. The van der Waals surface area contributed by atoms with Crippen molar-refractivity contribution in [1.82, 2.24) is 0 Å². The minimum Gasteiger partial charge on any atom is -0.411 e. The second kappa shape index (κ2) is 6.79. The fourth-order valence-corrected chi connectivity index (χ4v) is 3.11. The Morgan fingerprint density at radius 2 is 1.57 bits per heavy atom. The average molecular weight is 209 g/mol. The normalized spacial score (nSPS) is 11.4. The lowest BCUT2D eigenvalue weighted by Gasteiger charge is -2.28. The molecular weight excluding hydrogens is 188 g/mol. The smallest absolute Gasteiger partial charge is 0.219 e. The Balaban J connectivity index is 4.17. The van der Waals surface area contributed by atoms with Crippen molar-refractivity contribution in [1.29, 1.82) is 0 Å². The minimum absolute atomic E-state index is 0.0952. The molecule has 0 saturated heterocycles. The van der Waals surface area contributed by atoms with Crippen molar-refractivity contribution in [3.05, 3.63) is 38.0 Å². The van der Waals surface area contributed by atoms with Crippen molar-refractivity contribution >= 4 is 9.04 Å². The highest BCUT2D eigenvalue weighted by Crippen LogP contribution is 2.19. The minimum atomic E-state index is -0.809. The lowest BCUT2D eigenvalue weighted by atomic mass is 10.1. The van der Waals surface area contributed by atoms with E-state index in [9.17, 15) is 0 Å². The third kappa shape index (κ3) is 5.94. The molecule has 0 atom stereocenters. The highest BCUT2D eigenvalue weighted by molar-refractivity contribution is 6.53. The molecule has 14 heavy (non-hydrogen) atoms. The summed E-state index contributed by atoms with van der Waals surface area (Å²) in [5.74, 6) is 0. The van der Waals surface area contributed by atoms with E-state index in [1.807, 2.05) is 18.2 Å². The first-order chi connectivity index (χ1) is 6.55. The van der Waals surface area contributed by atoms with Gasteiger partial charge in [-0.2, -0.15) is 0 Å². The van der Waals surface area contributed by atoms with Crippen LogP contribution in [0.2, 0.25) is 12.1 Å². The van der Waals surface area contributed by atoms with Gasteiger partial charge >= 0.3 is 0 Å². The lowest BCUT2D eigenvalue weighted by Crippen LogP contribution is -2.32. The number of hydrogen-bond acceptors (Lipinski definition) is 1. The molecule has 2 heteroatoms. The van der Waals surface area contributed by atoms with Gasteiger partial charge in [-0.1, -0.05) is 18.2 Å². The van der Waals surface area contributed by atoms with E-state index in [2.05, 4.69) is 33.6 Å². The Labute approximate surface area is 89.9 Å². The Morgan fingerprint density at radius 3 is 1.93 bits per heavy atom. The van der Waals surface area contributed by atoms with Crippen molar-refractivity contribution in [2.24, 2.45) is 0 Å². The standard InChI is InChI=1S/C12H21OSi/c1-6-9-12(4,5)13-14(10-7-2)11-8-3/h6-8H,1-3,9-11H2,4-5H3. The second-order valence-corrected chi connectivity index (χ2v) is 5.98. The first-order valence-electron chi connectivity index (χ1n) is 4.92. The molecule has 0 spiro atoms. The maximum absolute atomic E-state index is 6.05. The molecule has 0 aliphatic heterocycles. The molecule has 0 bridgehead atoms. The molecule has 0 amide bonds. The average Bonchev–Trinajstić information content (AvgIpc) is 2.03.